The Morgan fingerprint density at radius 1 is 1.14 bits per heavy atom. The second kappa shape index (κ2) is 4.87. The summed E-state index contributed by atoms with van der Waals surface area (Å²) in [4.78, 5) is 33.6. The molecule has 1 aromatic carbocycles. The molecule has 0 unspecified atom stereocenters. The number of hydrogen-bond acceptors (Lipinski definition) is 4. The van der Waals surface area contributed by atoms with Crippen molar-refractivity contribution in [2.75, 3.05) is 19.0 Å². The molecule has 0 aliphatic rings. The fourth-order valence-corrected chi connectivity index (χ4v) is 2.39. The number of nitrogens with zero attached hydrogens (tertiary/aromatic N) is 4. The summed E-state index contributed by atoms with van der Waals surface area (Å²) in [6.45, 7) is 0. The Balaban J connectivity index is 2.28. The van der Waals surface area contributed by atoms with E-state index in [1.165, 1.54) is 11.6 Å². The quantitative estimate of drug-likeness (QED) is 0.755. The molecule has 3 aromatic rings. The van der Waals surface area contributed by atoms with Gasteiger partial charge in [0.2, 0.25) is 0 Å². The average Bonchev–Trinajstić information content (AvgIpc) is 2.96. The van der Waals surface area contributed by atoms with Crippen LogP contribution in [0.2, 0.25) is 0 Å². The molecule has 0 amide bonds. The van der Waals surface area contributed by atoms with Crippen LogP contribution in [0.5, 0.6) is 0 Å². The zero-order valence-electron chi connectivity index (χ0n) is 12.9. The highest BCUT2D eigenvalue weighted by atomic mass is 16.2. The smallest absolute Gasteiger partial charge is 0.332 e. The van der Waals surface area contributed by atoms with Gasteiger partial charge in [0.25, 0.3) is 5.56 Å². The normalized spacial score (nSPS) is 11.1. The van der Waals surface area contributed by atoms with Gasteiger partial charge in [-0.1, -0.05) is 12.1 Å². The molecule has 2 heterocycles. The van der Waals surface area contributed by atoms with E-state index < -0.39 is 5.69 Å². The van der Waals surface area contributed by atoms with Gasteiger partial charge in [-0.05, 0) is 12.1 Å². The third-order valence-electron chi connectivity index (χ3n) is 3.73. The predicted octanol–water partition coefficient (Wildman–Crippen LogP) is 0.693. The molecule has 7 heteroatoms. The number of benzene rings is 1. The summed E-state index contributed by atoms with van der Waals surface area (Å²) in [7, 11) is 6.97. The molecule has 0 fully saturated rings. The molecule has 3 rings (SSSR count). The van der Waals surface area contributed by atoms with E-state index in [1.807, 2.05) is 43.3 Å². The number of nitrogens with one attached hydrogen (secondary N) is 1. The first-order valence-corrected chi connectivity index (χ1v) is 6.83. The van der Waals surface area contributed by atoms with E-state index >= 15 is 0 Å². The summed E-state index contributed by atoms with van der Waals surface area (Å²) in [5, 5.41) is 0. The van der Waals surface area contributed by atoms with Crippen LogP contribution in [0.3, 0.4) is 0 Å². The third-order valence-corrected chi connectivity index (χ3v) is 3.73. The maximum atomic E-state index is 12.2. The molecule has 114 valence electrons. The molecule has 22 heavy (non-hydrogen) atoms. The van der Waals surface area contributed by atoms with Crippen LogP contribution in [-0.2, 0) is 14.1 Å². The van der Waals surface area contributed by atoms with Crippen molar-refractivity contribution >= 4 is 16.9 Å². The SMILES string of the molecule is CN(C)c1cccc(-c2nc3c([nH]2)c(=O)n(C)c(=O)n3C)c1. The van der Waals surface area contributed by atoms with Gasteiger partial charge in [0.05, 0.1) is 0 Å². The van der Waals surface area contributed by atoms with Crippen molar-refractivity contribution in [3.63, 3.8) is 0 Å². The van der Waals surface area contributed by atoms with Gasteiger partial charge in [-0.2, -0.15) is 0 Å². The van der Waals surface area contributed by atoms with Crippen LogP contribution in [0.15, 0.2) is 33.9 Å². The van der Waals surface area contributed by atoms with Crippen LogP contribution in [0.4, 0.5) is 5.69 Å². The van der Waals surface area contributed by atoms with Gasteiger partial charge in [-0.25, -0.2) is 9.78 Å². The van der Waals surface area contributed by atoms with Crippen molar-refractivity contribution in [3.05, 3.63) is 45.1 Å². The zero-order valence-corrected chi connectivity index (χ0v) is 12.9. The molecule has 0 radical (unpaired) electrons. The lowest BCUT2D eigenvalue weighted by molar-refractivity contribution is 0.709. The molecule has 1 N–H and O–H groups in total. The first kappa shape index (κ1) is 14.1. The molecular weight excluding hydrogens is 282 g/mol. The minimum absolute atomic E-state index is 0.329. The number of fused-ring (bicyclic) bond motifs is 1. The van der Waals surface area contributed by atoms with Gasteiger partial charge in [-0.15, -0.1) is 0 Å². The topological polar surface area (TPSA) is 75.9 Å². The number of H-pyrrole nitrogens is 1. The van der Waals surface area contributed by atoms with E-state index in [-0.39, 0.29) is 5.56 Å². The molecule has 2 aromatic heterocycles. The summed E-state index contributed by atoms with van der Waals surface area (Å²) < 4.78 is 2.44. The van der Waals surface area contributed by atoms with Gasteiger partial charge in [0.15, 0.2) is 5.65 Å². The number of aromatic nitrogens is 4. The fraction of sp³-hybridized carbons (Fsp3) is 0.267. The van der Waals surface area contributed by atoms with E-state index in [1.54, 1.807) is 7.05 Å². The van der Waals surface area contributed by atoms with E-state index in [0.717, 1.165) is 15.8 Å². The van der Waals surface area contributed by atoms with E-state index in [0.29, 0.717) is 17.0 Å². The third kappa shape index (κ3) is 2.02. The Labute approximate surface area is 126 Å². The van der Waals surface area contributed by atoms with Crippen LogP contribution in [0.25, 0.3) is 22.6 Å². The van der Waals surface area contributed by atoms with Crippen molar-refractivity contribution in [2.24, 2.45) is 14.1 Å². The Hall–Kier alpha value is -2.83. The van der Waals surface area contributed by atoms with Gasteiger partial charge in [0, 0.05) is 39.4 Å². The van der Waals surface area contributed by atoms with Gasteiger partial charge < -0.3 is 9.88 Å². The summed E-state index contributed by atoms with van der Waals surface area (Å²) >= 11 is 0. The van der Waals surface area contributed by atoms with E-state index in [9.17, 15) is 9.59 Å². The van der Waals surface area contributed by atoms with E-state index in [2.05, 4.69) is 9.97 Å². The van der Waals surface area contributed by atoms with Gasteiger partial charge >= 0.3 is 5.69 Å². The summed E-state index contributed by atoms with van der Waals surface area (Å²) in [5.41, 5.74) is 1.81. The lowest BCUT2D eigenvalue weighted by Crippen LogP contribution is -2.36. The Bertz CT molecular complexity index is 978. The standard InChI is InChI=1S/C15H17N5O2/c1-18(2)10-7-5-6-9(8-10)12-16-11-13(17-12)19(3)15(22)20(4)14(11)21/h5-8H,1-4H3,(H,16,17). The Kier molecular flexibility index (Phi) is 3.13. The van der Waals surface area contributed by atoms with Crippen LogP contribution in [-0.4, -0.2) is 33.2 Å². The minimum Gasteiger partial charge on any atom is -0.378 e. The van der Waals surface area contributed by atoms with Gasteiger partial charge in [0.1, 0.15) is 11.3 Å². The Morgan fingerprint density at radius 3 is 2.55 bits per heavy atom. The van der Waals surface area contributed by atoms with Crippen molar-refractivity contribution in [3.8, 4) is 11.4 Å². The minimum atomic E-state index is -0.391. The van der Waals surface area contributed by atoms with Crippen molar-refractivity contribution < 1.29 is 0 Å². The maximum absolute atomic E-state index is 12.2. The van der Waals surface area contributed by atoms with Crippen molar-refractivity contribution in [1.29, 1.82) is 0 Å². The molecule has 0 aliphatic carbocycles. The summed E-state index contributed by atoms with van der Waals surface area (Å²) in [6, 6.07) is 7.80. The number of aromatic amines is 1. The molecular formula is C15H17N5O2. The molecule has 0 atom stereocenters. The number of aryl methyl sites for hydroxylation is 1. The maximum Gasteiger partial charge on any atom is 0.332 e. The van der Waals surface area contributed by atoms with Crippen molar-refractivity contribution in [1.82, 2.24) is 19.1 Å². The van der Waals surface area contributed by atoms with Crippen LogP contribution < -0.4 is 16.1 Å². The first-order valence-electron chi connectivity index (χ1n) is 6.83. The monoisotopic (exact) mass is 299 g/mol. The number of anilines is 1. The van der Waals surface area contributed by atoms with Crippen LogP contribution >= 0.6 is 0 Å². The number of rotatable bonds is 2. The molecule has 0 saturated heterocycles. The van der Waals surface area contributed by atoms with E-state index in [4.69, 9.17) is 0 Å². The molecule has 0 spiro atoms. The highest BCUT2D eigenvalue weighted by molar-refractivity contribution is 5.76. The molecule has 7 nitrogen and oxygen atoms in total. The largest absolute Gasteiger partial charge is 0.378 e. The number of hydrogen-bond donors (Lipinski definition) is 1. The average molecular weight is 299 g/mol. The molecule has 0 saturated carbocycles. The summed E-state index contributed by atoms with van der Waals surface area (Å²) in [5.74, 6) is 0.567. The molecule has 0 aliphatic heterocycles. The lowest BCUT2D eigenvalue weighted by atomic mass is 10.2. The second-order valence-electron chi connectivity index (χ2n) is 5.43. The highest BCUT2D eigenvalue weighted by Crippen LogP contribution is 2.22. The van der Waals surface area contributed by atoms with Crippen LogP contribution in [0, 0.1) is 0 Å². The fourth-order valence-electron chi connectivity index (χ4n) is 2.39. The second-order valence-corrected chi connectivity index (χ2v) is 5.43. The zero-order chi connectivity index (χ0) is 16.0. The first-order chi connectivity index (χ1) is 10.4. The van der Waals surface area contributed by atoms with Crippen molar-refractivity contribution in [2.45, 2.75) is 0 Å². The predicted molar refractivity (Wildman–Crippen MR) is 86.3 cm³/mol. The van der Waals surface area contributed by atoms with Gasteiger partial charge in [-0.3, -0.25) is 13.9 Å². The number of imidazole rings is 1. The lowest BCUT2D eigenvalue weighted by Gasteiger charge is -2.12. The van der Waals surface area contributed by atoms with Crippen LogP contribution in [0.1, 0.15) is 0 Å². The Morgan fingerprint density at radius 2 is 1.86 bits per heavy atom. The molecule has 0 bridgehead atoms. The summed E-state index contributed by atoms with van der Waals surface area (Å²) in [6.07, 6.45) is 0. The highest BCUT2D eigenvalue weighted by Gasteiger charge is 2.14.